The molecule has 0 unspecified atom stereocenters. The number of esters is 2. The molecule has 0 aliphatic carbocycles. The van der Waals surface area contributed by atoms with Crippen molar-refractivity contribution in [2.45, 2.75) is 33.6 Å². The zero-order chi connectivity index (χ0) is 21.8. The number of benzene rings is 2. The van der Waals surface area contributed by atoms with Gasteiger partial charge in [-0.05, 0) is 49.1 Å². The lowest BCUT2D eigenvalue weighted by Crippen LogP contribution is -2.12. The summed E-state index contributed by atoms with van der Waals surface area (Å²) in [4.78, 5) is 24.7. The number of rotatable bonds is 6. The fourth-order valence-electron chi connectivity index (χ4n) is 3.22. The molecule has 0 spiro atoms. The van der Waals surface area contributed by atoms with E-state index < -0.39 is 11.9 Å². The fourth-order valence-corrected chi connectivity index (χ4v) is 3.22. The third-order valence-corrected chi connectivity index (χ3v) is 4.69. The van der Waals surface area contributed by atoms with Gasteiger partial charge in [0.15, 0.2) is 5.69 Å². The van der Waals surface area contributed by atoms with Gasteiger partial charge in [-0.1, -0.05) is 48.9 Å². The van der Waals surface area contributed by atoms with Gasteiger partial charge in [0.25, 0.3) is 0 Å². The molecule has 0 aliphatic heterocycles. The van der Waals surface area contributed by atoms with Crippen molar-refractivity contribution >= 4 is 11.9 Å². The molecule has 1 aromatic heterocycles. The average Bonchev–Trinajstić information content (AvgIpc) is 3.19. The van der Waals surface area contributed by atoms with Gasteiger partial charge in [-0.25, -0.2) is 14.3 Å². The van der Waals surface area contributed by atoms with Crippen LogP contribution in [0.4, 0.5) is 0 Å². The number of nitrogens with zero attached hydrogens (tertiary/aromatic N) is 3. The van der Waals surface area contributed by atoms with Gasteiger partial charge in [-0.2, -0.15) is 0 Å². The van der Waals surface area contributed by atoms with Crippen molar-refractivity contribution in [3.05, 3.63) is 65.0 Å². The molecular formula is C23H25N3O4. The Morgan fingerprint density at radius 3 is 2.33 bits per heavy atom. The monoisotopic (exact) mass is 407 g/mol. The van der Waals surface area contributed by atoms with Crippen LogP contribution in [0.1, 0.15) is 58.8 Å². The number of hydrogen-bond donors (Lipinski definition) is 0. The molecule has 0 amide bonds. The molecule has 156 valence electrons. The number of aromatic nitrogens is 3. The summed E-state index contributed by atoms with van der Waals surface area (Å²) in [7, 11) is 1.34. The third kappa shape index (κ3) is 4.25. The standard InChI is InChI=1S/C23H25N3O4/c1-6-30-23(28)20-21(14(2)3)26(25-24-20)19-12-17(11-18(13-19)22(27)29-5)16-9-7-15(4)8-10-16/h7-14H,6H2,1-5H3. The zero-order valence-corrected chi connectivity index (χ0v) is 17.8. The highest BCUT2D eigenvalue weighted by molar-refractivity contribution is 5.92. The first-order chi connectivity index (χ1) is 14.3. The van der Waals surface area contributed by atoms with E-state index in [2.05, 4.69) is 10.3 Å². The predicted octanol–water partition coefficient (Wildman–Crippen LogP) is 4.33. The van der Waals surface area contributed by atoms with Gasteiger partial charge >= 0.3 is 11.9 Å². The van der Waals surface area contributed by atoms with E-state index in [1.54, 1.807) is 23.7 Å². The first-order valence-corrected chi connectivity index (χ1v) is 9.79. The van der Waals surface area contributed by atoms with Crippen molar-refractivity contribution in [2.24, 2.45) is 0 Å². The molecule has 7 heteroatoms. The molecule has 7 nitrogen and oxygen atoms in total. The number of carbonyl (C=O) groups is 2. The Labute approximate surface area is 175 Å². The van der Waals surface area contributed by atoms with E-state index in [4.69, 9.17) is 9.47 Å². The molecule has 2 aromatic carbocycles. The summed E-state index contributed by atoms with van der Waals surface area (Å²) in [5, 5.41) is 8.26. The second-order valence-electron chi connectivity index (χ2n) is 7.24. The maximum absolute atomic E-state index is 12.3. The highest BCUT2D eigenvalue weighted by Gasteiger charge is 2.24. The second-order valence-corrected chi connectivity index (χ2v) is 7.24. The maximum atomic E-state index is 12.3. The van der Waals surface area contributed by atoms with Crippen LogP contribution in [0.15, 0.2) is 42.5 Å². The van der Waals surface area contributed by atoms with E-state index >= 15 is 0 Å². The van der Waals surface area contributed by atoms with Gasteiger partial charge in [0, 0.05) is 0 Å². The first kappa shape index (κ1) is 21.2. The Hall–Kier alpha value is -3.48. The summed E-state index contributed by atoms with van der Waals surface area (Å²) in [6.45, 7) is 7.90. The van der Waals surface area contributed by atoms with Crippen molar-refractivity contribution in [1.29, 1.82) is 0 Å². The summed E-state index contributed by atoms with van der Waals surface area (Å²) >= 11 is 0. The number of hydrogen-bond acceptors (Lipinski definition) is 6. The van der Waals surface area contributed by atoms with Crippen LogP contribution in [0, 0.1) is 6.92 Å². The van der Waals surface area contributed by atoms with E-state index in [-0.39, 0.29) is 18.2 Å². The molecule has 3 aromatic rings. The Bertz CT molecular complexity index is 1070. The van der Waals surface area contributed by atoms with Crippen LogP contribution >= 0.6 is 0 Å². The maximum Gasteiger partial charge on any atom is 0.360 e. The van der Waals surface area contributed by atoms with Crippen molar-refractivity contribution in [3.8, 4) is 16.8 Å². The molecule has 30 heavy (non-hydrogen) atoms. The Morgan fingerprint density at radius 2 is 1.73 bits per heavy atom. The third-order valence-electron chi connectivity index (χ3n) is 4.69. The van der Waals surface area contributed by atoms with Crippen molar-refractivity contribution in [2.75, 3.05) is 13.7 Å². The lowest BCUT2D eigenvalue weighted by Gasteiger charge is -2.13. The van der Waals surface area contributed by atoms with E-state index in [1.165, 1.54) is 7.11 Å². The van der Waals surface area contributed by atoms with Gasteiger partial charge in [-0.3, -0.25) is 0 Å². The lowest BCUT2D eigenvalue weighted by molar-refractivity contribution is 0.0516. The first-order valence-electron chi connectivity index (χ1n) is 9.79. The lowest BCUT2D eigenvalue weighted by atomic mass is 10.0. The van der Waals surface area contributed by atoms with Crippen LogP contribution in [0.2, 0.25) is 0 Å². The molecule has 0 saturated carbocycles. The normalized spacial score (nSPS) is 10.9. The zero-order valence-electron chi connectivity index (χ0n) is 17.8. The highest BCUT2D eigenvalue weighted by atomic mass is 16.5. The summed E-state index contributed by atoms with van der Waals surface area (Å²) in [6, 6.07) is 13.4. The van der Waals surface area contributed by atoms with Crippen LogP contribution in [-0.4, -0.2) is 40.6 Å². The number of ether oxygens (including phenoxy) is 2. The predicted molar refractivity (Wildman–Crippen MR) is 113 cm³/mol. The van der Waals surface area contributed by atoms with Gasteiger partial charge in [-0.15, -0.1) is 5.10 Å². The molecular weight excluding hydrogens is 382 g/mol. The molecule has 3 rings (SSSR count). The minimum absolute atomic E-state index is 0.0518. The quantitative estimate of drug-likeness (QED) is 0.566. The Morgan fingerprint density at radius 1 is 1.03 bits per heavy atom. The van der Waals surface area contributed by atoms with Crippen LogP contribution in [-0.2, 0) is 9.47 Å². The molecule has 0 atom stereocenters. The molecule has 0 saturated heterocycles. The van der Waals surface area contributed by atoms with Crippen molar-refractivity contribution in [3.63, 3.8) is 0 Å². The Kier molecular flexibility index (Phi) is 6.30. The van der Waals surface area contributed by atoms with E-state index in [1.807, 2.05) is 51.1 Å². The summed E-state index contributed by atoms with van der Waals surface area (Å²) < 4.78 is 11.6. The number of aryl methyl sites for hydroxylation is 1. The van der Waals surface area contributed by atoms with Gasteiger partial charge < -0.3 is 9.47 Å². The molecule has 0 fully saturated rings. The largest absolute Gasteiger partial charge is 0.465 e. The van der Waals surface area contributed by atoms with Crippen LogP contribution < -0.4 is 0 Å². The minimum Gasteiger partial charge on any atom is -0.465 e. The van der Waals surface area contributed by atoms with E-state index in [9.17, 15) is 9.59 Å². The Balaban J connectivity index is 2.20. The van der Waals surface area contributed by atoms with E-state index in [0.717, 1.165) is 16.7 Å². The number of carbonyl (C=O) groups excluding carboxylic acids is 2. The SMILES string of the molecule is CCOC(=O)c1nnn(-c2cc(C(=O)OC)cc(-c3ccc(C)cc3)c2)c1C(C)C. The average molecular weight is 407 g/mol. The van der Waals surface area contributed by atoms with Crippen LogP contribution in [0.5, 0.6) is 0 Å². The fraction of sp³-hybridized carbons (Fsp3) is 0.304. The van der Waals surface area contributed by atoms with Crippen LogP contribution in [0.3, 0.4) is 0 Å². The van der Waals surface area contributed by atoms with Crippen molar-refractivity contribution in [1.82, 2.24) is 15.0 Å². The molecule has 1 heterocycles. The topological polar surface area (TPSA) is 83.3 Å². The van der Waals surface area contributed by atoms with E-state index in [0.29, 0.717) is 16.9 Å². The van der Waals surface area contributed by atoms with Crippen molar-refractivity contribution < 1.29 is 19.1 Å². The molecule has 0 bridgehead atoms. The van der Waals surface area contributed by atoms with Gasteiger partial charge in [0.05, 0.1) is 30.7 Å². The summed E-state index contributed by atoms with van der Waals surface area (Å²) in [6.07, 6.45) is 0. The summed E-state index contributed by atoms with van der Waals surface area (Å²) in [5.41, 5.74) is 4.70. The van der Waals surface area contributed by atoms with Gasteiger partial charge in [0.2, 0.25) is 0 Å². The number of methoxy groups -OCH3 is 1. The molecule has 0 radical (unpaired) electrons. The highest BCUT2D eigenvalue weighted by Crippen LogP contribution is 2.28. The van der Waals surface area contributed by atoms with Crippen LogP contribution in [0.25, 0.3) is 16.8 Å². The minimum atomic E-state index is -0.518. The second kappa shape index (κ2) is 8.90. The molecule has 0 N–H and O–H groups in total. The van der Waals surface area contributed by atoms with Gasteiger partial charge in [0.1, 0.15) is 0 Å². The molecule has 0 aliphatic rings. The smallest absolute Gasteiger partial charge is 0.360 e. The summed E-state index contributed by atoms with van der Waals surface area (Å²) in [5.74, 6) is -1.03.